The van der Waals surface area contributed by atoms with E-state index in [-0.39, 0.29) is 59.1 Å². The molecular weight excluding hydrogens is 631 g/mol. The smallest absolute Gasteiger partial charge is 0.203 e. The third kappa shape index (κ3) is 8.90. The van der Waals surface area contributed by atoms with Crippen LogP contribution in [0.4, 0.5) is 22.0 Å². The van der Waals surface area contributed by atoms with Crippen LogP contribution in [0.15, 0.2) is 54.6 Å². The highest BCUT2D eigenvalue weighted by Crippen LogP contribution is 2.32. The molecule has 0 saturated carbocycles. The fourth-order valence-corrected chi connectivity index (χ4v) is 4.59. The summed E-state index contributed by atoms with van der Waals surface area (Å²) >= 11 is 0. The number of aromatic hydroxyl groups is 3. The van der Waals surface area contributed by atoms with Gasteiger partial charge < -0.3 is 29.5 Å². The normalized spacial score (nSPS) is 10.9. The van der Waals surface area contributed by atoms with E-state index in [4.69, 9.17) is 14.2 Å². The minimum Gasteiger partial charge on any atom is -0.508 e. The number of rotatable bonds is 15. The number of benzene rings is 4. The molecule has 0 amide bonds. The Morgan fingerprint density at radius 2 is 1.15 bits per heavy atom. The second-order valence-corrected chi connectivity index (χ2v) is 10.4. The second kappa shape index (κ2) is 15.3. The zero-order valence-corrected chi connectivity index (χ0v) is 24.9. The maximum absolute atomic E-state index is 13.6. The highest BCUT2D eigenvalue weighted by atomic mass is 19.2. The van der Waals surface area contributed by atoms with Gasteiger partial charge in [0.1, 0.15) is 46.1 Å². The van der Waals surface area contributed by atoms with Gasteiger partial charge in [-0.3, -0.25) is 9.59 Å². The number of carbonyl (C=O) groups is 2. The molecule has 0 saturated heterocycles. The van der Waals surface area contributed by atoms with Crippen molar-refractivity contribution in [3.8, 4) is 34.5 Å². The minimum absolute atomic E-state index is 0.00727. The number of ketones is 2. The van der Waals surface area contributed by atoms with E-state index < -0.39 is 65.4 Å². The van der Waals surface area contributed by atoms with Crippen molar-refractivity contribution in [1.29, 1.82) is 0 Å². The lowest BCUT2D eigenvalue weighted by molar-refractivity contribution is 0.0910. The monoisotopic (exact) mass is 660 g/mol. The van der Waals surface area contributed by atoms with Crippen molar-refractivity contribution < 1.29 is 61.1 Å². The molecule has 13 heteroatoms. The molecule has 0 unspecified atom stereocenters. The van der Waals surface area contributed by atoms with E-state index in [1.165, 1.54) is 18.2 Å². The number of phenols is 3. The molecule has 248 valence electrons. The molecule has 4 rings (SSSR count). The van der Waals surface area contributed by atoms with E-state index in [2.05, 4.69) is 0 Å². The van der Waals surface area contributed by atoms with Gasteiger partial charge in [0.25, 0.3) is 0 Å². The van der Waals surface area contributed by atoms with Crippen molar-refractivity contribution in [2.75, 3.05) is 19.8 Å². The molecule has 4 aromatic carbocycles. The third-order valence-corrected chi connectivity index (χ3v) is 6.88. The SMILES string of the molecule is CCCc1cc(C(=O)COc2cc(F)c(F)c(F)c2)c(OCCCc2cc(C(=O)COc3cc(F)cc(F)c3)c(O)cc2O)cc1O. The van der Waals surface area contributed by atoms with Crippen molar-refractivity contribution in [3.63, 3.8) is 0 Å². The molecule has 0 aliphatic heterocycles. The summed E-state index contributed by atoms with van der Waals surface area (Å²) in [6, 6.07) is 8.45. The number of aryl methyl sites for hydroxylation is 2. The first-order chi connectivity index (χ1) is 22.4. The molecule has 0 fully saturated rings. The molecular formula is C34H29F5O8. The van der Waals surface area contributed by atoms with Crippen LogP contribution in [0.5, 0.6) is 34.5 Å². The Balaban J connectivity index is 1.42. The predicted octanol–water partition coefficient (Wildman–Crippen LogP) is 6.99. The lowest BCUT2D eigenvalue weighted by Crippen LogP contribution is -2.15. The molecule has 0 atom stereocenters. The summed E-state index contributed by atoms with van der Waals surface area (Å²) in [4.78, 5) is 25.8. The van der Waals surface area contributed by atoms with E-state index in [1.807, 2.05) is 6.92 Å². The zero-order valence-electron chi connectivity index (χ0n) is 24.9. The van der Waals surface area contributed by atoms with Crippen LogP contribution in [0.25, 0.3) is 0 Å². The van der Waals surface area contributed by atoms with Gasteiger partial charge in [-0.15, -0.1) is 0 Å². The Kier molecular flexibility index (Phi) is 11.2. The van der Waals surface area contributed by atoms with Crippen LogP contribution in [0, 0.1) is 29.1 Å². The van der Waals surface area contributed by atoms with E-state index in [0.29, 0.717) is 36.6 Å². The van der Waals surface area contributed by atoms with Crippen molar-refractivity contribution in [1.82, 2.24) is 0 Å². The first-order valence-corrected chi connectivity index (χ1v) is 14.3. The molecule has 0 aromatic heterocycles. The molecule has 0 aliphatic rings. The number of halogens is 5. The van der Waals surface area contributed by atoms with Gasteiger partial charge in [0.05, 0.1) is 17.7 Å². The quantitative estimate of drug-likeness (QED) is 0.0540. The molecule has 0 spiro atoms. The lowest BCUT2D eigenvalue weighted by atomic mass is 10.0. The van der Waals surface area contributed by atoms with Crippen molar-refractivity contribution in [2.24, 2.45) is 0 Å². The molecule has 0 heterocycles. The van der Waals surface area contributed by atoms with Gasteiger partial charge in [-0.05, 0) is 42.5 Å². The van der Waals surface area contributed by atoms with Crippen molar-refractivity contribution in [2.45, 2.75) is 32.6 Å². The number of ether oxygens (including phenoxy) is 3. The van der Waals surface area contributed by atoms with Gasteiger partial charge in [0.15, 0.2) is 30.7 Å². The number of carbonyl (C=O) groups excluding carboxylic acids is 2. The first-order valence-electron chi connectivity index (χ1n) is 14.3. The highest BCUT2D eigenvalue weighted by Gasteiger charge is 2.20. The Bertz CT molecular complexity index is 1750. The largest absolute Gasteiger partial charge is 0.508 e. The van der Waals surface area contributed by atoms with Gasteiger partial charge in [0.2, 0.25) is 11.6 Å². The number of phenolic OH excluding ortho intramolecular Hbond substituents is 3. The summed E-state index contributed by atoms with van der Waals surface area (Å²) in [7, 11) is 0. The zero-order chi connectivity index (χ0) is 34.2. The Morgan fingerprint density at radius 1 is 0.617 bits per heavy atom. The topological polar surface area (TPSA) is 123 Å². The lowest BCUT2D eigenvalue weighted by Gasteiger charge is -2.15. The van der Waals surface area contributed by atoms with Crippen LogP contribution in [0.3, 0.4) is 0 Å². The maximum Gasteiger partial charge on any atom is 0.203 e. The Hall–Kier alpha value is -5.33. The van der Waals surface area contributed by atoms with E-state index >= 15 is 0 Å². The van der Waals surface area contributed by atoms with Crippen molar-refractivity contribution in [3.05, 3.63) is 106 Å². The van der Waals surface area contributed by atoms with Gasteiger partial charge in [0, 0.05) is 42.5 Å². The van der Waals surface area contributed by atoms with Crippen LogP contribution < -0.4 is 14.2 Å². The average molecular weight is 661 g/mol. The third-order valence-electron chi connectivity index (χ3n) is 6.88. The van der Waals surface area contributed by atoms with Crippen LogP contribution in [-0.4, -0.2) is 46.7 Å². The summed E-state index contributed by atoms with van der Waals surface area (Å²) in [6.45, 7) is 0.461. The fraction of sp³-hybridized carbons (Fsp3) is 0.235. The van der Waals surface area contributed by atoms with Gasteiger partial charge in [-0.2, -0.15) is 0 Å². The molecule has 0 bridgehead atoms. The highest BCUT2D eigenvalue weighted by molar-refractivity contribution is 6.00. The van der Waals surface area contributed by atoms with Gasteiger partial charge >= 0.3 is 0 Å². The van der Waals surface area contributed by atoms with E-state index in [9.17, 15) is 46.9 Å². The number of hydrogen-bond acceptors (Lipinski definition) is 8. The molecule has 4 aromatic rings. The fourth-order valence-electron chi connectivity index (χ4n) is 4.59. The van der Waals surface area contributed by atoms with E-state index in [1.54, 1.807) is 0 Å². The van der Waals surface area contributed by atoms with Crippen molar-refractivity contribution >= 4 is 11.6 Å². The Labute approximate surface area is 265 Å². The van der Waals surface area contributed by atoms with Crippen LogP contribution in [0.2, 0.25) is 0 Å². The van der Waals surface area contributed by atoms with Gasteiger partial charge in [-0.25, -0.2) is 22.0 Å². The number of hydrogen-bond donors (Lipinski definition) is 3. The molecule has 0 aliphatic carbocycles. The van der Waals surface area contributed by atoms with Crippen LogP contribution >= 0.6 is 0 Å². The minimum atomic E-state index is -1.68. The van der Waals surface area contributed by atoms with Crippen LogP contribution in [-0.2, 0) is 12.8 Å². The summed E-state index contributed by atoms with van der Waals surface area (Å²) < 4.78 is 83.3. The Morgan fingerprint density at radius 3 is 1.77 bits per heavy atom. The van der Waals surface area contributed by atoms with E-state index in [0.717, 1.165) is 18.2 Å². The molecule has 3 N–H and O–H groups in total. The molecule has 8 nitrogen and oxygen atoms in total. The second-order valence-electron chi connectivity index (χ2n) is 10.4. The van der Waals surface area contributed by atoms with Crippen LogP contribution in [0.1, 0.15) is 51.6 Å². The molecule has 47 heavy (non-hydrogen) atoms. The maximum atomic E-state index is 13.6. The summed E-state index contributed by atoms with van der Waals surface area (Å²) in [5.41, 5.74) is 0.490. The summed E-state index contributed by atoms with van der Waals surface area (Å²) in [6.07, 6.45) is 1.40. The summed E-state index contributed by atoms with van der Waals surface area (Å²) in [5.74, 6) is -9.53. The average Bonchev–Trinajstić information content (AvgIpc) is 3.01. The first kappa shape index (κ1) is 34.5. The standard InChI is InChI=1S/C34H29F5O8/c1-2-4-18-8-25(32(44)17-47-23-12-26(37)34(39)27(38)13-23)33(15-29(18)41)45-6-3-5-19-7-24(30(42)14-28(19)40)31(43)16-46-22-10-20(35)9-21(36)11-22/h7-15,40-42H,2-6,16-17H2,1H3. The predicted molar refractivity (Wildman–Crippen MR) is 158 cm³/mol. The number of Topliss-reactive ketones (excluding diaryl/α,β-unsaturated/α-hetero) is 2. The van der Waals surface area contributed by atoms with Gasteiger partial charge in [-0.1, -0.05) is 13.3 Å². The molecule has 0 radical (unpaired) electrons. The summed E-state index contributed by atoms with van der Waals surface area (Å²) in [5, 5.41) is 31.0.